The van der Waals surface area contributed by atoms with E-state index in [4.69, 9.17) is 26.8 Å². The molecule has 2 aromatic rings. The minimum atomic E-state index is -0.275. The summed E-state index contributed by atoms with van der Waals surface area (Å²) in [5.74, 6) is 1.50. The first-order chi connectivity index (χ1) is 9.65. The SMILES string of the molecule is COc1ccccc1C(CN)Oc1cc(Cl)ccc1C. The average molecular weight is 292 g/mol. The van der Waals surface area contributed by atoms with Crippen molar-refractivity contribution < 1.29 is 9.47 Å². The largest absolute Gasteiger partial charge is 0.496 e. The fourth-order valence-electron chi connectivity index (χ4n) is 2.03. The Balaban J connectivity index is 2.31. The topological polar surface area (TPSA) is 44.5 Å². The summed E-state index contributed by atoms with van der Waals surface area (Å²) in [4.78, 5) is 0. The lowest BCUT2D eigenvalue weighted by molar-refractivity contribution is 0.207. The molecule has 2 rings (SSSR count). The van der Waals surface area contributed by atoms with Gasteiger partial charge in [0.15, 0.2) is 0 Å². The highest BCUT2D eigenvalue weighted by atomic mass is 35.5. The van der Waals surface area contributed by atoms with Crippen molar-refractivity contribution in [3.63, 3.8) is 0 Å². The molecule has 2 N–H and O–H groups in total. The first kappa shape index (κ1) is 14.7. The van der Waals surface area contributed by atoms with E-state index in [0.29, 0.717) is 11.6 Å². The molecule has 0 spiro atoms. The van der Waals surface area contributed by atoms with E-state index in [1.165, 1.54) is 0 Å². The van der Waals surface area contributed by atoms with Crippen LogP contribution in [-0.4, -0.2) is 13.7 Å². The normalized spacial score (nSPS) is 12.0. The van der Waals surface area contributed by atoms with E-state index in [0.717, 1.165) is 22.6 Å². The van der Waals surface area contributed by atoms with Gasteiger partial charge in [-0.3, -0.25) is 0 Å². The lowest BCUT2D eigenvalue weighted by Gasteiger charge is -2.21. The zero-order valence-electron chi connectivity index (χ0n) is 11.6. The zero-order valence-corrected chi connectivity index (χ0v) is 12.4. The van der Waals surface area contributed by atoms with Crippen LogP contribution in [0.5, 0.6) is 11.5 Å². The quantitative estimate of drug-likeness (QED) is 0.913. The first-order valence-electron chi connectivity index (χ1n) is 6.41. The van der Waals surface area contributed by atoms with Gasteiger partial charge < -0.3 is 15.2 Å². The van der Waals surface area contributed by atoms with Crippen molar-refractivity contribution >= 4 is 11.6 Å². The van der Waals surface area contributed by atoms with Gasteiger partial charge in [0, 0.05) is 17.1 Å². The number of hydrogen-bond acceptors (Lipinski definition) is 3. The van der Waals surface area contributed by atoms with E-state index < -0.39 is 0 Å². The lowest BCUT2D eigenvalue weighted by Crippen LogP contribution is -2.19. The second-order valence-corrected chi connectivity index (χ2v) is 4.93. The number of benzene rings is 2. The van der Waals surface area contributed by atoms with Crippen LogP contribution in [0.3, 0.4) is 0 Å². The number of para-hydroxylation sites is 1. The molecule has 0 saturated carbocycles. The van der Waals surface area contributed by atoms with Crippen molar-refractivity contribution in [2.24, 2.45) is 5.73 Å². The highest BCUT2D eigenvalue weighted by Crippen LogP contribution is 2.31. The third-order valence-corrected chi connectivity index (χ3v) is 3.35. The van der Waals surface area contributed by atoms with Gasteiger partial charge in [-0.15, -0.1) is 0 Å². The summed E-state index contributed by atoms with van der Waals surface area (Å²) in [6.07, 6.45) is -0.275. The van der Waals surface area contributed by atoms with Crippen molar-refractivity contribution in [3.8, 4) is 11.5 Å². The standard InChI is InChI=1S/C16H18ClNO2/c1-11-7-8-12(17)9-15(11)20-16(10-18)13-5-3-4-6-14(13)19-2/h3-9,16H,10,18H2,1-2H3. The Bertz CT molecular complexity index is 586. The second-order valence-electron chi connectivity index (χ2n) is 4.49. The van der Waals surface area contributed by atoms with Crippen LogP contribution in [0.4, 0.5) is 0 Å². The van der Waals surface area contributed by atoms with Crippen molar-refractivity contribution in [1.29, 1.82) is 0 Å². The van der Waals surface area contributed by atoms with Gasteiger partial charge in [-0.05, 0) is 30.7 Å². The molecule has 2 aromatic carbocycles. The van der Waals surface area contributed by atoms with Crippen molar-refractivity contribution in [2.45, 2.75) is 13.0 Å². The molecule has 0 amide bonds. The Kier molecular flexibility index (Phi) is 4.88. The van der Waals surface area contributed by atoms with E-state index >= 15 is 0 Å². The summed E-state index contributed by atoms with van der Waals surface area (Å²) in [5.41, 5.74) is 7.79. The van der Waals surface area contributed by atoms with Gasteiger partial charge in [0.05, 0.1) is 7.11 Å². The molecule has 0 aliphatic carbocycles. The molecule has 0 saturated heterocycles. The van der Waals surface area contributed by atoms with Crippen LogP contribution >= 0.6 is 11.6 Å². The number of rotatable bonds is 5. The molecule has 106 valence electrons. The van der Waals surface area contributed by atoms with Crippen molar-refractivity contribution in [2.75, 3.05) is 13.7 Å². The molecule has 1 atom stereocenters. The third-order valence-electron chi connectivity index (χ3n) is 3.12. The molecule has 4 heteroatoms. The maximum atomic E-state index is 6.01. The Morgan fingerprint density at radius 3 is 2.60 bits per heavy atom. The van der Waals surface area contributed by atoms with Gasteiger partial charge in [-0.25, -0.2) is 0 Å². The molecule has 0 radical (unpaired) electrons. The molecule has 20 heavy (non-hydrogen) atoms. The fourth-order valence-corrected chi connectivity index (χ4v) is 2.19. The first-order valence-corrected chi connectivity index (χ1v) is 6.79. The maximum Gasteiger partial charge on any atom is 0.139 e. The predicted octanol–water partition coefficient (Wildman–Crippen LogP) is 3.74. The predicted molar refractivity (Wildman–Crippen MR) is 81.6 cm³/mol. The van der Waals surface area contributed by atoms with Gasteiger partial charge in [-0.1, -0.05) is 35.9 Å². The zero-order chi connectivity index (χ0) is 14.5. The summed E-state index contributed by atoms with van der Waals surface area (Å²) in [6.45, 7) is 2.33. The molecule has 0 aromatic heterocycles. The number of ether oxygens (including phenoxy) is 2. The summed E-state index contributed by atoms with van der Waals surface area (Å²) in [5, 5.41) is 0.640. The van der Waals surface area contributed by atoms with Crippen molar-refractivity contribution in [3.05, 3.63) is 58.6 Å². The molecule has 1 unspecified atom stereocenters. The molecule has 0 aliphatic rings. The van der Waals surface area contributed by atoms with E-state index in [9.17, 15) is 0 Å². The van der Waals surface area contributed by atoms with Crippen LogP contribution in [-0.2, 0) is 0 Å². The van der Waals surface area contributed by atoms with Crippen LogP contribution in [0.1, 0.15) is 17.2 Å². The number of hydrogen-bond donors (Lipinski definition) is 1. The molecule has 0 aliphatic heterocycles. The average Bonchev–Trinajstić information content (AvgIpc) is 2.48. The minimum Gasteiger partial charge on any atom is -0.496 e. The van der Waals surface area contributed by atoms with Gasteiger partial charge in [0.2, 0.25) is 0 Å². The molecule has 0 fully saturated rings. The smallest absolute Gasteiger partial charge is 0.139 e. The number of aryl methyl sites for hydroxylation is 1. The molecular formula is C16H18ClNO2. The van der Waals surface area contributed by atoms with E-state index in [2.05, 4.69) is 0 Å². The van der Waals surface area contributed by atoms with Crippen LogP contribution in [0.15, 0.2) is 42.5 Å². The summed E-state index contributed by atoms with van der Waals surface area (Å²) >= 11 is 6.01. The monoisotopic (exact) mass is 291 g/mol. The Morgan fingerprint density at radius 2 is 1.90 bits per heavy atom. The molecular weight excluding hydrogens is 274 g/mol. The van der Waals surface area contributed by atoms with Crippen molar-refractivity contribution in [1.82, 2.24) is 0 Å². The van der Waals surface area contributed by atoms with Gasteiger partial charge in [0.1, 0.15) is 17.6 Å². The van der Waals surface area contributed by atoms with E-state index in [-0.39, 0.29) is 6.10 Å². The van der Waals surface area contributed by atoms with Crippen LogP contribution in [0.2, 0.25) is 5.02 Å². The Morgan fingerprint density at radius 1 is 1.15 bits per heavy atom. The van der Waals surface area contributed by atoms with E-state index in [1.807, 2.05) is 43.3 Å². The Hall–Kier alpha value is -1.71. The minimum absolute atomic E-state index is 0.275. The Labute approximate surface area is 124 Å². The second kappa shape index (κ2) is 6.64. The summed E-state index contributed by atoms with van der Waals surface area (Å²) < 4.78 is 11.4. The fraction of sp³-hybridized carbons (Fsp3) is 0.250. The third kappa shape index (κ3) is 3.24. The molecule has 0 heterocycles. The number of halogens is 1. The number of nitrogens with two attached hydrogens (primary N) is 1. The van der Waals surface area contributed by atoms with Gasteiger partial charge >= 0.3 is 0 Å². The van der Waals surface area contributed by atoms with Gasteiger partial charge in [-0.2, -0.15) is 0 Å². The highest BCUT2D eigenvalue weighted by molar-refractivity contribution is 6.30. The van der Waals surface area contributed by atoms with Crippen LogP contribution in [0.25, 0.3) is 0 Å². The maximum absolute atomic E-state index is 6.01. The van der Waals surface area contributed by atoms with Gasteiger partial charge in [0.25, 0.3) is 0 Å². The van der Waals surface area contributed by atoms with E-state index in [1.54, 1.807) is 13.2 Å². The van der Waals surface area contributed by atoms with Crippen LogP contribution in [0, 0.1) is 6.92 Å². The highest BCUT2D eigenvalue weighted by Gasteiger charge is 2.17. The summed E-state index contributed by atoms with van der Waals surface area (Å²) in [6, 6.07) is 13.3. The number of methoxy groups -OCH3 is 1. The molecule has 0 bridgehead atoms. The molecule has 3 nitrogen and oxygen atoms in total. The van der Waals surface area contributed by atoms with Crippen LogP contribution < -0.4 is 15.2 Å². The lowest BCUT2D eigenvalue weighted by atomic mass is 10.1. The summed E-state index contributed by atoms with van der Waals surface area (Å²) in [7, 11) is 1.64.